The van der Waals surface area contributed by atoms with Gasteiger partial charge in [0.2, 0.25) is 5.82 Å². The van der Waals surface area contributed by atoms with Crippen molar-refractivity contribution in [1.82, 2.24) is 4.98 Å². The van der Waals surface area contributed by atoms with Crippen molar-refractivity contribution in [2.45, 2.75) is 46.6 Å². The topological polar surface area (TPSA) is 85.6 Å². The molecule has 1 aromatic heterocycles. The van der Waals surface area contributed by atoms with Gasteiger partial charge in [0.25, 0.3) is 0 Å². The van der Waals surface area contributed by atoms with E-state index < -0.39 is 0 Å². The van der Waals surface area contributed by atoms with Crippen molar-refractivity contribution in [3.8, 4) is 0 Å². The molecule has 1 aliphatic rings. The number of allylic oxidation sites excluding steroid dienone is 2. The number of carbonyl (C=O) groups excluding carboxylic acids is 1. The minimum atomic E-state index is -0.389. The zero-order valence-electron chi connectivity index (χ0n) is 15.9. The highest BCUT2D eigenvalue weighted by molar-refractivity contribution is 5.94. The number of rotatable bonds is 7. The summed E-state index contributed by atoms with van der Waals surface area (Å²) in [4.78, 5) is 29.1. The van der Waals surface area contributed by atoms with Gasteiger partial charge in [-0.1, -0.05) is 13.8 Å². The zero-order chi connectivity index (χ0) is 19.3. The summed E-state index contributed by atoms with van der Waals surface area (Å²) >= 11 is 0. The van der Waals surface area contributed by atoms with Gasteiger partial charge in [-0.3, -0.25) is 14.9 Å². The van der Waals surface area contributed by atoms with E-state index in [0.29, 0.717) is 42.6 Å². The molecule has 1 aliphatic heterocycles. The van der Waals surface area contributed by atoms with Crippen molar-refractivity contribution in [1.29, 1.82) is 0 Å². The maximum absolute atomic E-state index is 11.7. The molecule has 7 nitrogen and oxygen atoms in total. The van der Waals surface area contributed by atoms with E-state index in [9.17, 15) is 14.9 Å². The summed E-state index contributed by atoms with van der Waals surface area (Å²) in [6.45, 7) is 9.40. The van der Waals surface area contributed by atoms with Gasteiger partial charge in [-0.15, -0.1) is 0 Å². The van der Waals surface area contributed by atoms with Crippen LogP contribution in [-0.2, 0) is 9.53 Å². The van der Waals surface area contributed by atoms with Crippen LogP contribution in [0, 0.1) is 16.0 Å². The quantitative estimate of drug-likeness (QED) is 0.419. The Labute approximate surface area is 154 Å². The normalized spacial score (nSPS) is 16.0. The van der Waals surface area contributed by atoms with Gasteiger partial charge in [-0.2, -0.15) is 0 Å². The summed E-state index contributed by atoms with van der Waals surface area (Å²) in [6, 6.07) is 1.70. The lowest BCUT2D eigenvalue weighted by atomic mass is 10.0. The standard InChI is InChI=1S/C19H27N3O4/c1-13(2)12-21(17-5-7-26-8-6-17)19-18(22(24)25)10-16(11-20-19)14(3)9-15(4)23/h9-11,13,17H,5-8,12H2,1-4H3/b14-9+. The Bertz CT molecular complexity index is 694. The molecule has 0 aromatic carbocycles. The van der Waals surface area contributed by atoms with Crippen molar-refractivity contribution in [2.75, 3.05) is 24.7 Å². The van der Waals surface area contributed by atoms with E-state index in [-0.39, 0.29) is 22.4 Å². The molecule has 26 heavy (non-hydrogen) atoms. The Balaban J connectivity index is 2.46. The lowest BCUT2D eigenvalue weighted by Crippen LogP contribution is -2.42. The number of ether oxygens (including phenoxy) is 1. The van der Waals surface area contributed by atoms with Crippen molar-refractivity contribution in [2.24, 2.45) is 5.92 Å². The molecule has 0 bridgehead atoms. The van der Waals surface area contributed by atoms with Crippen LogP contribution in [-0.4, -0.2) is 41.5 Å². The van der Waals surface area contributed by atoms with E-state index in [1.54, 1.807) is 13.1 Å². The van der Waals surface area contributed by atoms with Crippen LogP contribution >= 0.6 is 0 Å². The lowest BCUT2D eigenvalue weighted by Gasteiger charge is -2.36. The number of nitro groups is 1. The second kappa shape index (κ2) is 8.89. The number of aromatic nitrogens is 1. The maximum Gasteiger partial charge on any atom is 0.312 e. The molecule has 2 rings (SSSR count). The number of pyridine rings is 1. The molecule has 0 saturated carbocycles. The second-order valence-corrected chi connectivity index (χ2v) is 7.15. The zero-order valence-corrected chi connectivity index (χ0v) is 15.9. The van der Waals surface area contributed by atoms with Crippen molar-refractivity contribution < 1.29 is 14.5 Å². The van der Waals surface area contributed by atoms with Crippen molar-refractivity contribution in [3.63, 3.8) is 0 Å². The van der Waals surface area contributed by atoms with Gasteiger partial charge in [0.05, 0.1) is 4.92 Å². The highest BCUT2D eigenvalue weighted by Gasteiger charge is 2.29. The van der Waals surface area contributed by atoms with Crippen LogP contribution in [0.1, 0.15) is 46.1 Å². The first kappa shape index (κ1) is 20.0. The number of anilines is 1. The number of nitrogens with zero attached hydrogens (tertiary/aromatic N) is 3. The fraction of sp³-hybridized carbons (Fsp3) is 0.579. The van der Waals surface area contributed by atoms with E-state index in [0.717, 1.165) is 12.8 Å². The van der Waals surface area contributed by atoms with E-state index in [1.165, 1.54) is 19.1 Å². The first-order valence-corrected chi connectivity index (χ1v) is 8.97. The van der Waals surface area contributed by atoms with Gasteiger partial charge in [0.15, 0.2) is 5.78 Å². The molecular formula is C19H27N3O4. The molecule has 1 saturated heterocycles. The second-order valence-electron chi connectivity index (χ2n) is 7.15. The van der Waals surface area contributed by atoms with Crippen LogP contribution in [0.5, 0.6) is 0 Å². The van der Waals surface area contributed by atoms with Crippen LogP contribution in [0.2, 0.25) is 0 Å². The van der Waals surface area contributed by atoms with Crippen LogP contribution in [0.15, 0.2) is 18.3 Å². The Hall–Kier alpha value is -2.28. The third kappa shape index (κ3) is 5.11. The van der Waals surface area contributed by atoms with E-state index in [1.807, 2.05) is 0 Å². The minimum absolute atomic E-state index is 0.0223. The predicted molar refractivity (Wildman–Crippen MR) is 101 cm³/mol. The third-order valence-electron chi connectivity index (χ3n) is 4.38. The molecule has 0 amide bonds. The number of carbonyl (C=O) groups is 1. The number of ketones is 1. The molecule has 1 fully saturated rings. The average Bonchev–Trinajstić information content (AvgIpc) is 2.59. The van der Waals surface area contributed by atoms with Crippen molar-refractivity contribution in [3.05, 3.63) is 34.0 Å². The summed E-state index contributed by atoms with van der Waals surface area (Å²) in [6.07, 6.45) is 4.74. The molecule has 0 spiro atoms. The van der Waals surface area contributed by atoms with Gasteiger partial charge in [-0.05, 0) is 44.3 Å². The molecule has 2 heterocycles. The minimum Gasteiger partial charge on any atom is -0.381 e. The van der Waals surface area contributed by atoms with Gasteiger partial charge in [0, 0.05) is 43.6 Å². The van der Waals surface area contributed by atoms with Crippen molar-refractivity contribution >= 4 is 22.9 Å². The molecule has 0 radical (unpaired) electrons. The first-order chi connectivity index (χ1) is 12.3. The van der Waals surface area contributed by atoms with Crippen LogP contribution in [0.25, 0.3) is 5.57 Å². The summed E-state index contributed by atoms with van der Waals surface area (Å²) in [5, 5.41) is 11.7. The fourth-order valence-electron chi connectivity index (χ4n) is 3.20. The van der Waals surface area contributed by atoms with Gasteiger partial charge >= 0.3 is 5.69 Å². The Kier molecular flexibility index (Phi) is 6.85. The highest BCUT2D eigenvalue weighted by Crippen LogP contribution is 2.32. The third-order valence-corrected chi connectivity index (χ3v) is 4.38. The first-order valence-electron chi connectivity index (χ1n) is 8.97. The molecule has 0 unspecified atom stereocenters. The fourth-order valence-corrected chi connectivity index (χ4v) is 3.20. The number of hydrogen-bond acceptors (Lipinski definition) is 6. The Morgan fingerprint density at radius 2 is 2.08 bits per heavy atom. The van der Waals surface area contributed by atoms with Gasteiger partial charge in [-0.25, -0.2) is 4.98 Å². The lowest BCUT2D eigenvalue weighted by molar-refractivity contribution is -0.384. The predicted octanol–water partition coefficient (Wildman–Crippen LogP) is 3.62. The summed E-state index contributed by atoms with van der Waals surface area (Å²) in [5.74, 6) is 0.645. The molecule has 7 heteroatoms. The molecular weight excluding hydrogens is 334 g/mol. The van der Waals surface area contributed by atoms with E-state index >= 15 is 0 Å². The van der Waals surface area contributed by atoms with Gasteiger partial charge < -0.3 is 9.64 Å². The summed E-state index contributed by atoms with van der Waals surface area (Å²) < 4.78 is 5.44. The SMILES string of the molecule is CC(=O)/C=C(\C)c1cnc(N(CC(C)C)C2CCOCC2)c([N+](=O)[O-])c1. The van der Waals surface area contributed by atoms with Crippen LogP contribution in [0.3, 0.4) is 0 Å². The highest BCUT2D eigenvalue weighted by atomic mass is 16.6. The number of hydrogen-bond donors (Lipinski definition) is 0. The largest absolute Gasteiger partial charge is 0.381 e. The van der Waals surface area contributed by atoms with Crippen LogP contribution < -0.4 is 4.90 Å². The molecule has 0 N–H and O–H groups in total. The smallest absolute Gasteiger partial charge is 0.312 e. The van der Waals surface area contributed by atoms with Gasteiger partial charge in [0.1, 0.15) is 0 Å². The summed E-state index contributed by atoms with van der Waals surface area (Å²) in [7, 11) is 0. The molecule has 0 atom stereocenters. The Morgan fingerprint density at radius 1 is 1.42 bits per heavy atom. The maximum atomic E-state index is 11.7. The monoisotopic (exact) mass is 361 g/mol. The summed E-state index contributed by atoms with van der Waals surface area (Å²) in [5.41, 5.74) is 1.24. The molecule has 0 aliphatic carbocycles. The molecule has 142 valence electrons. The Morgan fingerprint density at radius 3 is 2.62 bits per heavy atom. The van der Waals surface area contributed by atoms with E-state index in [4.69, 9.17) is 4.74 Å². The van der Waals surface area contributed by atoms with E-state index in [2.05, 4.69) is 23.7 Å². The average molecular weight is 361 g/mol. The van der Waals surface area contributed by atoms with Crippen LogP contribution in [0.4, 0.5) is 11.5 Å². The molecule has 1 aromatic rings.